The molecule has 1 rings (SSSR count). The summed E-state index contributed by atoms with van der Waals surface area (Å²) in [6.07, 6.45) is 2.02. The number of hydrogen-bond acceptors (Lipinski definition) is 3. The van der Waals surface area contributed by atoms with E-state index >= 15 is 0 Å². The Morgan fingerprint density at radius 3 is 2.38 bits per heavy atom. The second-order valence-corrected chi connectivity index (χ2v) is 5.53. The van der Waals surface area contributed by atoms with Gasteiger partial charge in [0.2, 0.25) is 10.0 Å². The first kappa shape index (κ1) is 13.2. The molecule has 1 saturated heterocycles. The fourth-order valence-corrected chi connectivity index (χ4v) is 2.37. The lowest BCUT2D eigenvalue weighted by Crippen LogP contribution is -2.47. The summed E-state index contributed by atoms with van der Waals surface area (Å²) in [7, 11) is -3.00. The van der Waals surface area contributed by atoms with Crippen LogP contribution >= 0.6 is 12.4 Å². The van der Waals surface area contributed by atoms with Gasteiger partial charge in [-0.15, -0.1) is 12.4 Å². The van der Waals surface area contributed by atoms with Gasteiger partial charge in [-0.25, -0.2) is 12.7 Å². The molecular weight excluding hydrogens is 212 g/mol. The van der Waals surface area contributed by atoms with Gasteiger partial charge in [0.25, 0.3) is 0 Å². The maximum absolute atomic E-state index is 11.1. The van der Waals surface area contributed by atoms with Crippen LogP contribution in [0.25, 0.3) is 0 Å². The van der Waals surface area contributed by atoms with Crippen LogP contribution in [0.5, 0.6) is 0 Å². The molecule has 2 N–H and O–H groups in total. The van der Waals surface area contributed by atoms with Gasteiger partial charge in [-0.2, -0.15) is 0 Å². The molecule has 0 amide bonds. The first-order valence-corrected chi connectivity index (χ1v) is 5.97. The Kier molecular flexibility index (Phi) is 4.65. The molecule has 13 heavy (non-hydrogen) atoms. The lowest BCUT2D eigenvalue weighted by atomic mass is 9.96. The minimum atomic E-state index is -3.00. The molecule has 1 fully saturated rings. The summed E-state index contributed by atoms with van der Waals surface area (Å²) in [5.74, 6) is 0.272. The molecule has 0 aromatic heterocycles. The van der Waals surface area contributed by atoms with Gasteiger partial charge >= 0.3 is 0 Å². The lowest BCUT2D eigenvalue weighted by molar-refractivity contribution is 0.251. The van der Waals surface area contributed by atoms with Crippen LogP contribution in [0.2, 0.25) is 0 Å². The molecule has 1 aliphatic rings. The molecule has 80 valence electrons. The number of sulfonamides is 1. The van der Waals surface area contributed by atoms with Gasteiger partial charge in [-0.3, -0.25) is 0 Å². The van der Waals surface area contributed by atoms with Crippen LogP contribution in [0, 0.1) is 5.92 Å². The second-order valence-electron chi connectivity index (χ2n) is 3.55. The van der Waals surface area contributed by atoms with Gasteiger partial charge < -0.3 is 5.73 Å². The number of rotatable bonds is 1. The van der Waals surface area contributed by atoms with E-state index in [0.29, 0.717) is 13.1 Å². The Labute approximate surface area is 85.9 Å². The van der Waals surface area contributed by atoms with Crippen LogP contribution in [0.15, 0.2) is 0 Å². The van der Waals surface area contributed by atoms with Crippen LogP contribution in [0.4, 0.5) is 0 Å². The van der Waals surface area contributed by atoms with E-state index in [4.69, 9.17) is 5.73 Å². The monoisotopic (exact) mass is 228 g/mol. The minimum Gasteiger partial charge on any atom is -0.327 e. The number of piperidine rings is 1. The molecule has 0 bridgehead atoms. The zero-order valence-electron chi connectivity index (χ0n) is 7.93. The quantitative estimate of drug-likeness (QED) is 0.689. The topological polar surface area (TPSA) is 63.4 Å². The van der Waals surface area contributed by atoms with Gasteiger partial charge in [-0.1, -0.05) is 6.92 Å². The number of hydrogen-bond donors (Lipinski definition) is 1. The molecule has 0 aliphatic carbocycles. The van der Waals surface area contributed by atoms with Crippen molar-refractivity contribution in [2.75, 3.05) is 19.3 Å². The summed E-state index contributed by atoms with van der Waals surface area (Å²) in [5.41, 5.74) is 5.76. The van der Waals surface area contributed by atoms with Crippen molar-refractivity contribution in [2.45, 2.75) is 19.4 Å². The average Bonchev–Trinajstić information content (AvgIpc) is 1.92. The molecule has 6 heteroatoms. The summed E-state index contributed by atoms with van der Waals surface area (Å²) in [6.45, 7) is 3.13. The van der Waals surface area contributed by atoms with Crippen molar-refractivity contribution < 1.29 is 8.42 Å². The van der Waals surface area contributed by atoms with E-state index in [1.807, 2.05) is 6.92 Å². The summed E-state index contributed by atoms with van der Waals surface area (Å²) >= 11 is 0. The van der Waals surface area contributed by atoms with Crippen LogP contribution < -0.4 is 5.73 Å². The number of nitrogens with two attached hydrogens (primary N) is 1. The third kappa shape index (κ3) is 3.42. The summed E-state index contributed by atoms with van der Waals surface area (Å²) in [6, 6.07) is 0.156. The Bertz CT molecular complexity index is 255. The van der Waals surface area contributed by atoms with Crippen molar-refractivity contribution in [1.82, 2.24) is 4.31 Å². The van der Waals surface area contributed by atoms with Crippen LogP contribution in [-0.2, 0) is 10.0 Å². The van der Waals surface area contributed by atoms with Crippen molar-refractivity contribution >= 4 is 22.4 Å². The van der Waals surface area contributed by atoms with E-state index in [1.165, 1.54) is 10.6 Å². The van der Waals surface area contributed by atoms with E-state index in [0.717, 1.165) is 6.42 Å². The summed E-state index contributed by atoms with van der Waals surface area (Å²) in [5, 5.41) is 0. The third-order valence-electron chi connectivity index (χ3n) is 2.40. The average molecular weight is 229 g/mol. The van der Waals surface area contributed by atoms with E-state index in [1.54, 1.807) is 0 Å². The molecule has 0 aromatic carbocycles. The molecule has 1 aliphatic heterocycles. The van der Waals surface area contributed by atoms with Crippen LogP contribution in [-0.4, -0.2) is 38.1 Å². The summed E-state index contributed by atoms with van der Waals surface area (Å²) < 4.78 is 23.7. The third-order valence-corrected chi connectivity index (χ3v) is 3.67. The van der Waals surface area contributed by atoms with E-state index < -0.39 is 10.0 Å². The highest BCUT2D eigenvalue weighted by Crippen LogP contribution is 2.16. The van der Waals surface area contributed by atoms with Gasteiger partial charge in [0.05, 0.1) is 6.26 Å². The molecule has 0 saturated carbocycles. The maximum Gasteiger partial charge on any atom is 0.211 e. The fourth-order valence-electron chi connectivity index (χ4n) is 1.43. The fraction of sp³-hybridized carbons (Fsp3) is 1.00. The normalized spacial score (nSPS) is 31.0. The highest BCUT2D eigenvalue weighted by molar-refractivity contribution is 7.88. The van der Waals surface area contributed by atoms with Crippen molar-refractivity contribution in [2.24, 2.45) is 11.7 Å². The van der Waals surface area contributed by atoms with Crippen molar-refractivity contribution in [3.8, 4) is 0 Å². The van der Waals surface area contributed by atoms with Gasteiger partial charge in [0.1, 0.15) is 0 Å². The summed E-state index contributed by atoms with van der Waals surface area (Å²) in [4.78, 5) is 0. The van der Waals surface area contributed by atoms with Gasteiger partial charge in [0.15, 0.2) is 0 Å². The van der Waals surface area contributed by atoms with Gasteiger partial charge in [-0.05, 0) is 12.3 Å². The molecule has 2 atom stereocenters. The molecule has 1 heterocycles. The Hall–Kier alpha value is 0.160. The molecule has 0 spiro atoms. The van der Waals surface area contributed by atoms with E-state index in [9.17, 15) is 8.42 Å². The molecule has 4 nitrogen and oxygen atoms in total. The van der Waals surface area contributed by atoms with E-state index in [-0.39, 0.29) is 24.4 Å². The van der Waals surface area contributed by atoms with Crippen molar-refractivity contribution in [3.63, 3.8) is 0 Å². The van der Waals surface area contributed by atoms with E-state index in [2.05, 4.69) is 0 Å². The Morgan fingerprint density at radius 2 is 2.00 bits per heavy atom. The zero-order valence-corrected chi connectivity index (χ0v) is 9.57. The van der Waals surface area contributed by atoms with Crippen molar-refractivity contribution in [3.05, 3.63) is 0 Å². The highest BCUT2D eigenvalue weighted by atomic mass is 35.5. The predicted octanol–water partition coefficient (Wildman–Crippen LogP) is 0.0369. The van der Waals surface area contributed by atoms with Crippen molar-refractivity contribution in [1.29, 1.82) is 0 Å². The van der Waals surface area contributed by atoms with Crippen LogP contribution in [0.3, 0.4) is 0 Å². The highest BCUT2D eigenvalue weighted by Gasteiger charge is 2.27. The molecule has 0 unspecified atom stereocenters. The molecular formula is C7H17ClN2O2S. The molecule has 0 aromatic rings. The number of halogens is 1. The lowest BCUT2D eigenvalue weighted by Gasteiger charge is -2.33. The SMILES string of the molecule is C[C@@H]1CN(S(C)(=O)=O)CC[C@@H]1N.Cl. The predicted molar refractivity (Wildman–Crippen MR) is 55.4 cm³/mol. The zero-order chi connectivity index (χ0) is 9.35. The van der Waals surface area contributed by atoms with Crippen LogP contribution in [0.1, 0.15) is 13.3 Å². The first-order valence-electron chi connectivity index (χ1n) is 4.12. The Balaban J connectivity index is 0.00000144. The first-order chi connectivity index (χ1) is 5.41. The molecule has 0 radical (unpaired) electrons. The Morgan fingerprint density at radius 1 is 1.46 bits per heavy atom. The standard InChI is InChI=1S/C7H16N2O2S.ClH/c1-6-5-9(12(2,10)11)4-3-7(6)8;/h6-7H,3-5,8H2,1-2H3;1H/t6-,7+;/m1./s1. The second kappa shape index (κ2) is 4.59. The largest absolute Gasteiger partial charge is 0.327 e. The smallest absolute Gasteiger partial charge is 0.211 e. The minimum absolute atomic E-state index is 0. The van der Waals surface area contributed by atoms with Gasteiger partial charge in [0, 0.05) is 19.1 Å². The number of nitrogens with zero attached hydrogens (tertiary/aromatic N) is 1. The maximum atomic E-state index is 11.1.